The smallest absolute Gasteiger partial charge is 0.363 e. The third-order valence-electron chi connectivity index (χ3n) is 2.34. The van der Waals surface area contributed by atoms with Gasteiger partial charge in [-0.25, -0.2) is 0 Å². The third-order valence-corrected chi connectivity index (χ3v) is 2.34. The first-order chi connectivity index (χ1) is 9.00. The van der Waals surface area contributed by atoms with E-state index in [1.807, 2.05) is 0 Å². The molecule has 1 rings (SSSR count). The lowest BCUT2D eigenvalue weighted by Crippen LogP contribution is -2.58. The molecule has 0 saturated heterocycles. The van der Waals surface area contributed by atoms with E-state index in [1.165, 1.54) is 24.3 Å². The van der Waals surface area contributed by atoms with Gasteiger partial charge in [0.2, 0.25) is 6.29 Å². The van der Waals surface area contributed by atoms with Crippen molar-refractivity contribution < 1.29 is 40.6 Å². The lowest BCUT2D eigenvalue weighted by atomic mass is 10.1. The lowest BCUT2D eigenvalue weighted by Gasteiger charge is -2.31. The molecule has 1 aromatic carbocycles. The summed E-state index contributed by atoms with van der Waals surface area (Å²) >= 11 is 0. The van der Waals surface area contributed by atoms with Crippen LogP contribution in [0.1, 0.15) is 5.56 Å². The molecule has 0 bridgehead atoms. The number of rotatable bonds is 5. The molecule has 0 aliphatic rings. The number of aliphatic hydroxyl groups excluding tert-OH is 1. The molecule has 0 heterocycles. The van der Waals surface area contributed by atoms with Crippen LogP contribution in [0.3, 0.4) is 0 Å². The largest absolute Gasteiger partial charge is 0.460 e. The molecule has 0 radical (unpaired) electrons. The zero-order valence-electron chi connectivity index (χ0n) is 9.67. The summed E-state index contributed by atoms with van der Waals surface area (Å²) in [6.07, 6.45) is -10.1. The molecule has 2 nitrogen and oxygen atoms in total. The van der Waals surface area contributed by atoms with Gasteiger partial charge in [0, 0.05) is 0 Å². The van der Waals surface area contributed by atoms with Crippen molar-refractivity contribution in [2.24, 2.45) is 0 Å². The molecule has 114 valence electrons. The van der Waals surface area contributed by atoms with Gasteiger partial charge in [-0.2, -0.15) is 30.7 Å². The zero-order valence-corrected chi connectivity index (χ0v) is 9.67. The molecule has 1 N–H and O–H groups in total. The molecule has 20 heavy (non-hydrogen) atoms. The SMILES string of the molecule is OC(OCc1ccccc1)C(F)(F)C(F)(F)C(F)(F)F. The predicted molar refractivity (Wildman–Crippen MR) is 53.2 cm³/mol. The first-order valence-corrected chi connectivity index (χ1v) is 5.16. The molecular formula is C11H9F7O2. The van der Waals surface area contributed by atoms with Crippen molar-refractivity contribution in [3.05, 3.63) is 35.9 Å². The van der Waals surface area contributed by atoms with E-state index in [0.717, 1.165) is 0 Å². The van der Waals surface area contributed by atoms with Gasteiger partial charge in [0.1, 0.15) is 0 Å². The summed E-state index contributed by atoms with van der Waals surface area (Å²) in [5.74, 6) is -12.2. The van der Waals surface area contributed by atoms with E-state index in [1.54, 1.807) is 6.07 Å². The standard InChI is InChI=1S/C11H9F7O2/c12-9(13,10(14,15)11(16,17)18)8(19)20-6-7-4-2-1-3-5-7/h1-5,8,19H,6H2. The molecule has 0 aliphatic carbocycles. The Morgan fingerprint density at radius 1 is 0.950 bits per heavy atom. The molecule has 0 amide bonds. The molecule has 0 aliphatic heterocycles. The summed E-state index contributed by atoms with van der Waals surface area (Å²) < 4.78 is 90.6. The van der Waals surface area contributed by atoms with Crippen molar-refractivity contribution in [2.45, 2.75) is 30.9 Å². The maximum atomic E-state index is 12.9. The quantitative estimate of drug-likeness (QED) is 0.668. The topological polar surface area (TPSA) is 29.5 Å². The predicted octanol–water partition coefficient (Wildman–Crippen LogP) is 3.35. The highest BCUT2D eigenvalue weighted by molar-refractivity contribution is 5.13. The van der Waals surface area contributed by atoms with Gasteiger partial charge in [0.15, 0.2) is 0 Å². The summed E-state index contributed by atoms with van der Waals surface area (Å²) in [6.45, 7) is -0.745. The monoisotopic (exact) mass is 306 g/mol. The number of benzene rings is 1. The molecule has 9 heteroatoms. The van der Waals surface area contributed by atoms with E-state index in [-0.39, 0.29) is 5.56 Å². The van der Waals surface area contributed by atoms with Gasteiger partial charge < -0.3 is 9.84 Å². The average molecular weight is 306 g/mol. The minimum Gasteiger partial charge on any atom is -0.363 e. The number of hydrogen-bond acceptors (Lipinski definition) is 2. The van der Waals surface area contributed by atoms with Gasteiger partial charge in [0.25, 0.3) is 0 Å². The van der Waals surface area contributed by atoms with Crippen LogP contribution >= 0.6 is 0 Å². The fourth-order valence-corrected chi connectivity index (χ4v) is 1.20. The minimum atomic E-state index is -6.51. The van der Waals surface area contributed by atoms with Crippen molar-refractivity contribution in [3.8, 4) is 0 Å². The Morgan fingerprint density at radius 3 is 1.90 bits per heavy atom. The zero-order chi connectivity index (χ0) is 15.6. The lowest BCUT2D eigenvalue weighted by molar-refractivity contribution is -0.396. The van der Waals surface area contributed by atoms with E-state index >= 15 is 0 Å². The Labute approximate surface area is 108 Å². The van der Waals surface area contributed by atoms with Gasteiger partial charge in [-0.15, -0.1) is 0 Å². The maximum absolute atomic E-state index is 12.9. The van der Waals surface area contributed by atoms with Gasteiger partial charge in [-0.3, -0.25) is 0 Å². The molecule has 1 atom stereocenters. The van der Waals surface area contributed by atoms with Crippen molar-refractivity contribution >= 4 is 0 Å². The normalized spacial score (nSPS) is 15.2. The van der Waals surface area contributed by atoms with Crippen LogP contribution in [-0.2, 0) is 11.3 Å². The van der Waals surface area contributed by atoms with Crippen molar-refractivity contribution in [2.75, 3.05) is 0 Å². The van der Waals surface area contributed by atoms with E-state index in [9.17, 15) is 30.7 Å². The van der Waals surface area contributed by atoms with Crippen LogP contribution < -0.4 is 0 Å². The molecule has 1 unspecified atom stereocenters. The van der Waals surface area contributed by atoms with E-state index in [0.29, 0.717) is 0 Å². The fourth-order valence-electron chi connectivity index (χ4n) is 1.20. The molecule has 1 aromatic rings. The summed E-state index contributed by atoms with van der Waals surface area (Å²) in [5, 5.41) is 8.79. The first kappa shape index (κ1) is 16.7. The molecule has 0 fully saturated rings. The summed E-state index contributed by atoms with van der Waals surface area (Å²) in [7, 11) is 0. The van der Waals surface area contributed by atoms with Crippen LogP contribution in [0, 0.1) is 0 Å². The van der Waals surface area contributed by atoms with E-state index in [4.69, 9.17) is 5.11 Å². The summed E-state index contributed by atoms with van der Waals surface area (Å²) in [5.41, 5.74) is 0.220. The summed E-state index contributed by atoms with van der Waals surface area (Å²) in [4.78, 5) is 0. The number of alkyl halides is 7. The van der Waals surface area contributed by atoms with Gasteiger partial charge in [-0.05, 0) is 5.56 Å². The van der Waals surface area contributed by atoms with Crippen LogP contribution in [0.4, 0.5) is 30.7 Å². The van der Waals surface area contributed by atoms with E-state index in [2.05, 4.69) is 4.74 Å². The van der Waals surface area contributed by atoms with Crippen LogP contribution in [-0.4, -0.2) is 29.4 Å². The number of ether oxygens (including phenoxy) is 1. The second-order valence-corrected chi connectivity index (χ2v) is 3.84. The van der Waals surface area contributed by atoms with Crippen LogP contribution in [0.5, 0.6) is 0 Å². The number of hydrogen-bond donors (Lipinski definition) is 1. The van der Waals surface area contributed by atoms with Crippen molar-refractivity contribution in [1.82, 2.24) is 0 Å². The Morgan fingerprint density at radius 2 is 1.45 bits per heavy atom. The van der Waals surface area contributed by atoms with E-state index < -0.39 is 30.9 Å². The number of halogens is 7. The molecular weight excluding hydrogens is 297 g/mol. The van der Waals surface area contributed by atoms with Crippen LogP contribution in [0.25, 0.3) is 0 Å². The maximum Gasteiger partial charge on any atom is 0.460 e. The average Bonchev–Trinajstić information content (AvgIpc) is 2.35. The second-order valence-electron chi connectivity index (χ2n) is 3.84. The highest BCUT2D eigenvalue weighted by atomic mass is 19.4. The van der Waals surface area contributed by atoms with Gasteiger partial charge >= 0.3 is 18.0 Å². The highest BCUT2D eigenvalue weighted by Gasteiger charge is 2.76. The molecule has 0 spiro atoms. The Balaban J connectivity index is 2.77. The first-order valence-electron chi connectivity index (χ1n) is 5.16. The Bertz CT molecular complexity index is 430. The second kappa shape index (κ2) is 5.57. The van der Waals surface area contributed by atoms with Crippen molar-refractivity contribution in [3.63, 3.8) is 0 Å². The molecule has 0 saturated carbocycles. The Hall–Kier alpha value is -1.35. The van der Waals surface area contributed by atoms with Gasteiger partial charge in [-0.1, -0.05) is 30.3 Å². The Kier molecular flexibility index (Phi) is 4.65. The summed E-state index contributed by atoms with van der Waals surface area (Å²) in [6, 6.07) is 7.20. The minimum absolute atomic E-state index is 0.220. The third kappa shape index (κ3) is 3.21. The van der Waals surface area contributed by atoms with Gasteiger partial charge in [0.05, 0.1) is 6.61 Å². The van der Waals surface area contributed by atoms with Crippen LogP contribution in [0.2, 0.25) is 0 Å². The molecule has 0 aromatic heterocycles. The van der Waals surface area contributed by atoms with Crippen molar-refractivity contribution in [1.29, 1.82) is 0 Å². The van der Waals surface area contributed by atoms with Crippen LogP contribution in [0.15, 0.2) is 30.3 Å². The highest BCUT2D eigenvalue weighted by Crippen LogP contribution is 2.48. The fraction of sp³-hybridized carbons (Fsp3) is 0.455. The number of aliphatic hydroxyl groups is 1.